The molecule has 0 radical (unpaired) electrons. The van der Waals surface area contributed by atoms with E-state index < -0.39 is 0 Å². The van der Waals surface area contributed by atoms with Gasteiger partial charge in [-0.1, -0.05) is 38.6 Å². The zero-order valence-electron chi connectivity index (χ0n) is 19.2. The Balaban J connectivity index is 1.66. The van der Waals surface area contributed by atoms with Gasteiger partial charge in [-0.2, -0.15) is 0 Å². The molecule has 0 aliphatic carbocycles. The van der Waals surface area contributed by atoms with Crippen LogP contribution in [0.5, 0.6) is 5.75 Å². The van der Waals surface area contributed by atoms with Crippen LogP contribution in [0.15, 0.2) is 29.5 Å². The lowest BCUT2D eigenvalue weighted by molar-refractivity contribution is 0.463. The van der Waals surface area contributed by atoms with Gasteiger partial charge in [0.1, 0.15) is 11.4 Å². The maximum absolute atomic E-state index is 8.21. The van der Waals surface area contributed by atoms with Crippen molar-refractivity contribution in [1.29, 1.82) is 10.8 Å². The topological polar surface area (TPSA) is 98.3 Å². The minimum atomic E-state index is -0.100. The third-order valence-corrected chi connectivity index (χ3v) is 6.39. The number of ether oxygens (including phenoxy) is 1. The van der Waals surface area contributed by atoms with Crippen LogP contribution in [0.2, 0.25) is 0 Å². The third kappa shape index (κ3) is 6.10. The van der Waals surface area contributed by atoms with Crippen molar-refractivity contribution in [2.45, 2.75) is 46.5 Å². The summed E-state index contributed by atoms with van der Waals surface area (Å²) < 4.78 is 5.87. The third-order valence-electron chi connectivity index (χ3n) is 5.25. The number of aliphatic imine (C=N–C) groups is 1. The van der Waals surface area contributed by atoms with Gasteiger partial charge in [-0.15, -0.1) is 4.99 Å². The Morgan fingerprint density at radius 2 is 1.97 bits per heavy atom. The van der Waals surface area contributed by atoms with E-state index in [1.807, 2.05) is 13.0 Å². The van der Waals surface area contributed by atoms with Gasteiger partial charge >= 0.3 is 5.23 Å². The average Bonchev–Trinajstić information content (AvgIpc) is 3.13. The van der Waals surface area contributed by atoms with Crippen LogP contribution in [0.4, 0.5) is 0 Å². The molecule has 2 N–H and O–H groups in total. The van der Waals surface area contributed by atoms with Gasteiger partial charge in [0.2, 0.25) is 0 Å². The van der Waals surface area contributed by atoms with Crippen LogP contribution in [-0.4, -0.2) is 49.9 Å². The Kier molecular flexibility index (Phi) is 7.61. The fourth-order valence-electron chi connectivity index (χ4n) is 3.27. The Morgan fingerprint density at radius 3 is 2.56 bits per heavy atom. The molecule has 1 aromatic heterocycles. The molecule has 0 atom stereocenters. The summed E-state index contributed by atoms with van der Waals surface area (Å²) in [6, 6.07) is 4.12. The number of amidine groups is 2. The van der Waals surface area contributed by atoms with E-state index in [1.54, 1.807) is 24.2 Å². The maximum atomic E-state index is 8.21. The molecule has 2 aromatic rings. The molecule has 0 saturated carbocycles. The van der Waals surface area contributed by atoms with Crippen molar-refractivity contribution in [3.8, 4) is 5.75 Å². The van der Waals surface area contributed by atoms with Gasteiger partial charge in [-0.3, -0.25) is 15.8 Å². The van der Waals surface area contributed by atoms with Crippen molar-refractivity contribution in [1.82, 2.24) is 14.9 Å². The molecule has 0 amide bonds. The van der Waals surface area contributed by atoms with E-state index in [0.717, 1.165) is 42.1 Å². The summed E-state index contributed by atoms with van der Waals surface area (Å²) in [5, 5.41) is 17.0. The average molecular weight is 472 g/mol. The van der Waals surface area contributed by atoms with Crippen LogP contribution in [0, 0.1) is 24.7 Å². The number of nitrogens with one attached hydrogen (secondary N) is 2. The number of nitrogens with zero attached hydrogens (tertiary/aromatic N) is 4. The first kappa shape index (κ1) is 24.3. The predicted molar refractivity (Wildman–Crippen MR) is 137 cm³/mol. The van der Waals surface area contributed by atoms with Gasteiger partial charge in [-0.05, 0) is 43.0 Å². The van der Waals surface area contributed by atoms with Crippen molar-refractivity contribution in [2.24, 2.45) is 4.99 Å². The lowest BCUT2D eigenvalue weighted by atomic mass is 9.93. The molecule has 7 nitrogen and oxygen atoms in total. The van der Waals surface area contributed by atoms with E-state index in [0.29, 0.717) is 16.6 Å². The van der Waals surface area contributed by atoms with Gasteiger partial charge in [0, 0.05) is 30.5 Å². The SMILES string of the molecule is Cc1cc(OC([SH2+])=NC(=N)c2cnc(C(C)(C)C)cn2)c(C)cc1CCN1CCSC1=N. The second kappa shape index (κ2) is 10.0. The first-order chi connectivity index (χ1) is 15.0. The van der Waals surface area contributed by atoms with Crippen LogP contribution < -0.4 is 4.74 Å². The molecule has 1 aromatic carbocycles. The van der Waals surface area contributed by atoms with Gasteiger partial charge in [0.25, 0.3) is 0 Å². The predicted octanol–water partition coefficient (Wildman–Crippen LogP) is 3.69. The van der Waals surface area contributed by atoms with Crippen molar-refractivity contribution >= 4 is 40.6 Å². The monoisotopic (exact) mass is 471 g/mol. The maximum Gasteiger partial charge on any atom is 0.414 e. The summed E-state index contributed by atoms with van der Waals surface area (Å²) in [5.74, 6) is 1.66. The highest BCUT2D eigenvalue weighted by Gasteiger charge is 2.19. The lowest BCUT2D eigenvalue weighted by Gasteiger charge is -2.18. The highest BCUT2D eigenvalue weighted by atomic mass is 32.2. The van der Waals surface area contributed by atoms with Crippen LogP contribution in [0.3, 0.4) is 0 Å². The Morgan fingerprint density at radius 1 is 1.22 bits per heavy atom. The van der Waals surface area contributed by atoms with Gasteiger partial charge in [0.05, 0.1) is 24.5 Å². The molecule has 9 heteroatoms. The zero-order chi connectivity index (χ0) is 23.5. The number of aromatic nitrogens is 2. The van der Waals surface area contributed by atoms with E-state index in [-0.39, 0.29) is 16.5 Å². The van der Waals surface area contributed by atoms with Gasteiger partial charge in [0.15, 0.2) is 11.0 Å². The molecule has 0 bridgehead atoms. The minimum Gasteiger partial charge on any atom is -0.402 e. The summed E-state index contributed by atoms with van der Waals surface area (Å²) in [4.78, 5) is 15.0. The molecule has 2 heterocycles. The van der Waals surface area contributed by atoms with E-state index in [9.17, 15) is 0 Å². The second-order valence-corrected chi connectivity index (χ2v) is 10.4. The van der Waals surface area contributed by atoms with Crippen LogP contribution in [0.25, 0.3) is 0 Å². The fourth-order valence-corrected chi connectivity index (χ4v) is 4.36. The normalized spacial score (nSPS) is 14.8. The summed E-state index contributed by atoms with van der Waals surface area (Å²) >= 11 is 4.99. The summed E-state index contributed by atoms with van der Waals surface area (Å²) in [6.07, 6.45) is 4.13. The van der Waals surface area contributed by atoms with E-state index in [1.165, 1.54) is 5.56 Å². The van der Waals surface area contributed by atoms with Crippen LogP contribution in [-0.2, 0) is 24.5 Å². The Hall–Kier alpha value is -2.39. The molecule has 32 heavy (non-hydrogen) atoms. The number of aryl methyl sites for hydroxylation is 2. The molecule has 0 spiro atoms. The zero-order valence-corrected chi connectivity index (χ0v) is 21.1. The highest BCUT2D eigenvalue weighted by molar-refractivity contribution is 8.14. The number of rotatable bonds is 5. The van der Waals surface area contributed by atoms with Crippen molar-refractivity contribution < 1.29 is 4.74 Å². The van der Waals surface area contributed by atoms with Crippen molar-refractivity contribution in [2.75, 3.05) is 18.8 Å². The van der Waals surface area contributed by atoms with Gasteiger partial charge in [-0.25, -0.2) is 4.98 Å². The van der Waals surface area contributed by atoms with Crippen LogP contribution >= 0.6 is 11.8 Å². The molecule has 1 aliphatic rings. The molecule has 170 valence electrons. The Bertz CT molecular complexity index is 1040. The minimum absolute atomic E-state index is 0.0279. The van der Waals surface area contributed by atoms with E-state index >= 15 is 0 Å². The number of thioether (sulfide) groups is 1. The molecule has 1 fully saturated rings. The first-order valence-electron chi connectivity index (χ1n) is 10.5. The molecule has 1 saturated heterocycles. The highest BCUT2D eigenvalue weighted by Crippen LogP contribution is 2.25. The molecule has 0 unspecified atom stereocenters. The van der Waals surface area contributed by atoms with Gasteiger partial charge < -0.3 is 9.64 Å². The lowest BCUT2D eigenvalue weighted by Crippen LogP contribution is -2.26. The smallest absolute Gasteiger partial charge is 0.402 e. The molecular weight excluding hydrogens is 440 g/mol. The van der Waals surface area contributed by atoms with Crippen molar-refractivity contribution in [3.63, 3.8) is 0 Å². The molecule has 3 rings (SSSR count). The number of benzene rings is 1. The summed E-state index contributed by atoms with van der Waals surface area (Å²) in [6.45, 7) is 12.0. The Labute approximate surface area is 199 Å². The molecule has 1 aliphatic heterocycles. The summed E-state index contributed by atoms with van der Waals surface area (Å²) in [5.41, 5.74) is 4.50. The van der Waals surface area contributed by atoms with Crippen LogP contribution in [0.1, 0.15) is 48.8 Å². The fraction of sp³-hybridized carbons (Fsp3) is 0.435. The van der Waals surface area contributed by atoms with E-state index in [4.69, 9.17) is 15.6 Å². The number of hydrogen-bond acceptors (Lipinski definition) is 6. The number of hydrogen-bond donors (Lipinski definition) is 2. The van der Waals surface area contributed by atoms with Crippen molar-refractivity contribution in [3.05, 3.63) is 52.6 Å². The summed E-state index contributed by atoms with van der Waals surface area (Å²) in [7, 11) is 0. The molecular formula is C23H31N6OS2+. The largest absolute Gasteiger partial charge is 0.414 e. The van der Waals surface area contributed by atoms with E-state index in [2.05, 4.69) is 66.3 Å². The quantitative estimate of drug-likeness (QED) is 0.394. The second-order valence-electron chi connectivity index (χ2n) is 8.84. The first-order valence-corrected chi connectivity index (χ1v) is 12.0. The standard InChI is InChI=1S/C23H30N6OS2/c1-14-11-18(15(2)10-16(14)6-7-29-8-9-32-21(29)25)30-22(31)28-20(24)17-12-27-19(13-26-17)23(3,4)5/h10-13,25H,6-9H2,1-5H3,(H2,24,28,31)/p+1.